The third-order valence-corrected chi connectivity index (χ3v) is 13.8. The molecular formula is C33H54O7SSi. The van der Waals surface area contributed by atoms with E-state index in [0.717, 1.165) is 45.1 Å². The van der Waals surface area contributed by atoms with Gasteiger partial charge >= 0.3 is 11.2 Å². The van der Waals surface area contributed by atoms with E-state index >= 15 is 0 Å². The van der Waals surface area contributed by atoms with E-state index in [1.807, 2.05) is 0 Å². The minimum Gasteiger partial charge on any atom is -0.469 e. The number of hydrogen-bond donors (Lipinski definition) is 0. The highest BCUT2D eigenvalue weighted by Crippen LogP contribution is 2.47. The summed E-state index contributed by atoms with van der Waals surface area (Å²) in [6.07, 6.45) is 13.7. The number of hydrogen-bond acceptors (Lipinski definition) is 8. The molecule has 2 aliphatic heterocycles. The average molecular weight is 623 g/mol. The zero-order valence-electron chi connectivity index (χ0n) is 26.9. The average Bonchev–Trinajstić information content (AvgIpc) is 3.27. The van der Waals surface area contributed by atoms with Crippen LogP contribution in [0.3, 0.4) is 0 Å². The van der Waals surface area contributed by atoms with Gasteiger partial charge in [-0.25, -0.2) is 0 Å². The van der Waals surface area contributed by atoms with Gasteiger partial charge < -0.3 is 28.1 Å². The number of fused-ring (bicyclic) bond motifs is 1. The molecule has 3 aliphatic rings. The zero-order chi connectivity index (χ0) is 30.8. The monoisotopic (exact) mass is 622 g/mol. The molecule has 3 rings (SSSR count). The number of carbonyl (C=O) groups is 1. The lowest BCUT2D eigenvalue weighted by Crippen LogP contribution is -2.46. The van der Waals surface area contributed by atoms with E-state index < -0.39 is 14.4 Å². The van der Waals surface area contributed by atoms with E-state index in [1.54, 1.807) is 0 Å². The van der Waals surface area contributed by atoms with Crippen molar-refractivity contribution in [3.05, 3.63) is 12.2 Å². The highest BCUT2D eigenvalue weighted by molar-refractivity contribution is 7.79. The van der Waals surface area contributed by atoms with Gasteiger partial charge in [0.2, 0.25) is 0 Å². The molecule has 1 aliphatic carbocycles. The summed E-state index contributed by atoms with van der Waals surface area (Å²) in [7, 11) is -0.672. The summed E-state index contributed by atoms with van der Waals surface area (Å²) in [6.45, 7) is 14.4. The van der Waals surface area contributed by atoms with Crippen molar-refractivity contribution in [2.75, 3.05) is 13.7 Å². The first kappa shape index (κ1) is 35.0. The highest BCUT2D eigenvalue weighted by atomic mass is 32.1. The lowest BCUT2D eigenvalue weighted by molar-refractivity contribution is -0.179. The molecule has 42 heavy (non-hydrogen) atoms. The Morgan fingerprint density at radius 1 is 1.19 bits per heavy atom. The lowest BCUT2D eigenvalue weighted by atomic mass is 9.87. The van der Waals surface area contributed by atoms with Crippen molar-refractivity contribution in [3.8, 4) is 11.8 Å². The Balaban J connectivity index is 1.86. The molecule has 0 amide bonds. The van der Waals surface area contributed by atoms with Crippen molar-refractivity contribution in [1.29, 1.82) is 0 Å². The number of methoxy groups -OCH3 is 1. The molecule has 0 aromatic carbocycles. The van der Waals surface area contributed by atoms with E-state index in [0.29, 0.717) is 19.3 Å². The molecule has 7 nitrogen and oxygen atoms in total. The first-order chi connectivity index (χ1) is 19.9. The van der Waals surface area contributed by atoms with Crippen molar-refractivity contribution >= 4 is 31.7 Å². The third-order valence-electron chi connectivity index (χ3n) is 9.10. The summed E-state index contributed by atoms with van der Waals surface area (Å²) in [6, 6.07) is 0. The van der Waals surface area contributed by atoms with Crippen molar-refractivity contribution < 1.29 is 32.9 Å². The smallest absolute Gasteiger partial charge is 0.353 e. The van der Waals surface area contributed by atoms with Crippen LogP contribution < -0.4 is 0 Å². The number of esters is 1. The van der Waals surface area contributed by atoms with Crippen LogP contribution in [0.5, 0.6) is 0 Å². The van der Waals surface area contributed by atoms with E-state index in [-0.39, 0.29) is 52.7 Å². The minimum absolute atomic E-state index is 0.0263. The van der Waals surface area contributed by atoms with Crippen molar-refractivity contribution in [2.45, 2.75) is 147 Å². The van der Waals surface area contributed by atoms with Gasteiger partial charge in [-0.05, 0) is 50.2 Å². The Morgan fingerprint density at radius 2 is 1.98 bits per heavy atom. The number of ether oxygens (including phenoxy) is 5. The van der Waals surface area contributed by atoms with E-state index in [9.17, 15) is 4.79 Å². The highest BCUT2D eigenvalue weighted by Gasteiger charge is 2.54. The molecule has 7 atom stereocenters. The van der Waals surface area contributed by atoms with Gasteiger partial charge in [-0.1, -0.05) is 71.0 Å². The molecule has 0 bridgehead atoms. The summed E-state index contributed by atoms with van der Waals surface area (Å²) in [5.41, 5.74) is 0. The quantitative estimate of drug-likeness (QED) is 0.0523. The maximum absolute atomic E-state index is 11.5. The molecular weight excluding hydrogens is 569 g/mol. The Labute approximate surface area is 260 Å². The number of unbranched alkanes of at least 4 members (excludes halogenated alkanes) is 3. The van der Waals surface area contributed by atoms with Gasteiger partial charge in [0, 0.05) is 44.0 Å². The standard InChI is InChI=1S/C33H54O7SSi/c1-8-9-11-16-24(37-30-19-14-15-22-36-30)20-21-25-27(40-42(6,7)33(2,3)4)23-28-31(25)26(38-32(41)39-28)17-12-10-13-18-29(34)35-5/h20-21,24-28,30-31H,8-11,13-16,18-19,22-23H2,1-7H3/b21-20+/t24-,25-,26?,27+,28-,30?,31-/m0/s1. The van der Waals surface area contributed by atoms with E-state index in [1.165, 1.54) is 20.0 Å². The normalized spacial score (nSPS) is 28.8. The van der Waals surface area contributed by atoms with E-state index in [4.69, 9.17) is 40.3 Å². The molecule has 0 aromatic heterocycles. The number of rotatable bonds is 13. The minimum atomic E-state index is -2.08. The van der Waals surface area contributed by atoms with Crippen LogP contribution in [0, 0.1) is 23.7 Å². The first-order valence-electron chi connectivity index (χ1n) is 16.0. The Morgan fingerprint density at radius 3 is 2.64 bits per heavy atom. The first-order valence-corrected chi connectivity index (χ1v) is 19.3. The van der Waals surface area contributed by atoms with Crippen molar-refractivity contribution in [2.24, 2.45) is 11.8 Å². The summed E-state index contributed by atoms with van der Waals surface area (Å²) >= 11 is 5.40. The predicted molar refractivity (Wildman–Crippen MR) is 171 cm³/mol. The lowest BCUT2D eigenvalue weighted by Gasteiger charge is -2.40. The fraction of sp³-hybridized carbons (Fsp3) is 0.818. The number of carbonyl (C=O) groups excluding carboxylic acids is 1. The van der Waals surface area contributed by atoms with Gasteiger partial charge in [-0.3, -0.25) is 4.79 Å². The van der Waals surface area contributed by atoms with Gasteiger partial charge in [0.15, 0.2) is 20.7 Å². The molecule has 0 radical (unpaired) electrons. The summed E-state index contributed by atoms with van der Waals surface area (Å²) in [5.74, 6) is 6.35. The Bertz CT molecular complexity index is 960. The SMILES string of the molecule is CCCCC[C@@H](/C=C/[C@@H]1[C@H]2C(C#CCCCC(=O)OC)OC(=S)O[C@H]2C[C@H]1O[Si](C)(C)C(C)(C)C)OC1CCCCO1. The summed E-state index contributed by atoms with van der Waals surface area (Å²) in [4.78, 5) is 11.5. The summed E-state index contributed by atoms with van der Waals surface area (Å²) < 4.78 is 36.4. The second-order valence-corrected chi connectivity index (χ2v) is 18.4. The topological polar surface area (TPSA) is 72.5 Å². The van der Waals surface area contributed by atoms with Gasteiger partial charge in [0.1, 0.15) is 6.10 Å². The van der Waals surface area contributed by atoms with Gasteiger partial charge in [0.25, 0.3) is 0 Å². The zero-order valence-corrected chi connectivity index (χ0v) is 28.8. The maximum atomic E-state index is 11.5. The molecule has 238 valence electrons. The molecule has 2 heterocycles. The molecule has 0 aromatic rings. The Hall–Kier alpha value is -1.44. The van der Waals surface area contributed by atoms with Crippen LogP contribution in [0.2, 0.25) is 18.1 Å². The van der Waals surface area contributed by atoms with Gasteiger partial charge in [-0.2, -0.15) is 0 Å². The second-order valence-electron chi connectivity index (χ2n) is 13.4. The van der Waals surface area contributed by atoms with Crippen LogP contribution in [-0.2, 0) is 32.9 Å². The summed E-state index contributed by atoms with van der Waals surface area (Å²) in [5, 5.41) is 0.223. The molecule has 0 N–H and O–H groups in total. The van der Waals surface area contributed by atoms with Crippen LogP contribution in [0.25, 0.3) is 0 Å². The predicted octanol–water partition coefficient (Wildman–Crippen LogP) is 7.48. The van der Waals surface area contributed by atoms with Gasteiger partial charge in [0.05, 0.1) is 25.2 Å². The van der Waals surface area contributed by atoms with Crippen molar-refractivity contribution in [3.63, 3.8) is 0 Å². The second kappa shape index (κ2) is 16.6. The van der Waals surface area contributed by atoms with Gasteiger partial charge in [-0.15, -0.1) is 0 Å². The van der Waals surface area contributed by atoms with Crippen LogP contribution in [0.15, 0.2) is 12.2 Å². The molecule has 2 saturated heterocycles. The molecule has 1 saturated carbocycles. The molecule has 3 fully saturated rings. The molecule has 9 heteroatoms. The third kappa shape index (κ3) is 10.3. The van der Waals surface area contributed by atoms with Crippen molar-refractivity contribution in [1.82, 2.24) is 0 Å². The molecule has 2 unspecified atom stereocenters. The van der Waals surface area contributed by atoms with Crippen LogP contribution >= 0.6 is 12.2 Å². The van der Waals surface area contributed by atoms with E-state index in [2.05, 4.69) is 64.8 Å². The largest absolute Gasteiger partial charge is 0.469 e. The van der Waals surface area contributed by atoms with Crippen LogP contribution in [-0.4, -0.2) is 63.9 Å². The Kier molecular flexibility index (Phi) is 13.8. The maximum Gasteiger partial charge on any atom is 0.353 e. The fourth-order valence-electron chi connectivity index (χ4n) is 5.62. The molecule has 0 spiro atoms. The fourth-order valence-corrected chi connectivity index (χ4v) is 7.21. The van der Waals surface area contributed by atoms with Crippen LogP contribution in [0.4, 0.5) is 0 Å². The number of thiocarbonyl (C=S) groups is 1. The van der Waals surface area contributed by atoms with Crippen LogP contribution in [0.1, 0.15) is 98.3 Å².